The number of unbranched alkanes of at least 4 members (excludes halogenated alkanes) is 5. The first-order valence-electron chi connectivity index (χ1n) is 9.39. The van der Waals surface area contributed by atoms with E-state index in [1.807, 2.05) is 13.8 Å². The average molecular weight is 338 g/mol. The van der Waals surface area contributed by atoms with E-state index < -0.39 is 11.9 Å². The van der Waals surface area contributed by atoms with Crippen molar-refractivity contribution in [1.29, 1.82) is 5.41 Å². The molecule has 0 spiro atoms. The zero-order valence-corrected chi connectivity index (χ0v) is 15.7. The molecule has 0 radical (unpaired) electrons. The Hall–Kier alpha value is -1.45. The topological polar surface area (TPSA) is 78.2 Å². The van der Waals surface area contributed by atoms with E-state index in [1.54, 1.807) is 6.08 Å². The highest BCUT2D eigenvalue weighted by molar-refractivity contribution is 6.06. The Morgan fingerprint density at radius 1 is 1.04 bits per heavy atom. The van der Waals surface area contributed by atoms with Gasteiger partial charge in [0.1, 0.15) is 0 Å². The first kappa shape index (κ1) is 22.6. The minimum atomic E-state index is -0.862. The van der Waals surface area contributed by atoms with Gasteiger partial charge in [0, 0.05) is 12.1 Å². The van der Waals surface area contributed by atoms with E-state index in [0.717, 1.165) is 31.3 Å². The fourth-order valence-electron chi connectivity index (χ4n) is 2.75. The number of aliphatic carboxylic acids is 1. The lowest BCUT2D eigenvalue weighted by molar-refractivity contribution is -0.141. The molecule has 2 N–H and O–H groups in total. The molecule has 0 fully saturated rings. The molecule has 0 aliphatic rings. The summed E-state index contributed by atoms with van der Waals surface area (Å²) in [5, 5.41) is 17.1. The summed E-state index contributed by atoms with van der Waals surface area (Å²) in [5.74, 6) is -1.47. The van der Waals surface area contributed by atoms with E-state index in [0.29, 0.717) is 6.42 Å². The molecule has 0 aliphatic heterocycles. The van der Waals surface area contributed by atoms with Crippen LogP contribution >= 0.6 is 0 Å². The van der Waals surface area contributed by atoms with Gasteiger partial charge in [0.15, 0.2) is 5.78 Å². The van der Waals surface area contributed by atoms with E-state index >= 15 is 0 Å². The van der Waals surface area contributed by atoms with Gasteiger partial charge in [-0.25, -0.2) is 0 Å². The molecule has 0 aromatic carbocycles. The van der Waals surface area contributed by atoms with Crippen LogP contribution < -0.4 is 0 Å². The largest absolute Gasteiger partial charge is 0.481 e. The average Bonchev–Trinajstić information content (AvgIpc) is 2.50. The van der Waals surface area contributed by atoms with Crippen LogP contribution in [-0.2, 0) is 9.59 Å². The molecule has 138 valence electrons. The molecule has 0 aromatic heterocycles. The fourth-order valence-corrected chi connectivity index (χ4v) is 2.75. The Labute approximate surface area is 147 Å². The molecule has 1 unspecified atom stereocenters. The van der Waals surface area contributed by atoms with Gasteiger partial charge in [-0.05, 0) is 38.7 Å². The number of carboxylic acids is 1. The number of ketones is 1. The highest BCUT2D eigenvalue weighted by atomic mass is 16.4. The number of rotatable bonds is 15. The maximum Gasteiger partial charge on any atom is 0.306 e. The Bertz CT molecular complexity index is 427. The van der Waals surface area contributed by atoms with Crippen molar-refractivity contribution in [3.05, 3.63) is 11.6 Å². The van der Waals surface area contributed by atoms with Crippen molar-refractivity contribution >= 4 is 17.5 Å². The van der Waals surface area contributed by atoms with Crippen LogP contribution in [0.15, 0.2) is 11.6 Å². The Morgan fingerprint density at radius 3 is 2.25 bits per heavy atom. The van der Waals surface area contributed by atoms with Crippen LogP contribution in [0.1, 0.15) is 91.4 Å². The smallest absolute Gasteiger partial charge is 0.306 e. The molecule has 24 heavy (non-hydrogen) atoms. The van der Waals surface area contributed by atoms with E-state index in [2.05, 4.69) is 6.92 Å². The molecule has 1 atom stereocenters. The summed E-state index contributed by atoms with van der Waals surface area (Å²) in [4.78, 5) is 23.2. The number of carbonyl (C=O) groups excluding carboxylic acids is 1. The van der Waals surface area contributed by atoms with Gasteiger partial charge >= 0.3 is 5.97 Å². The van der Waals surface area contributed by atoms with Crippen molar-refractivity contribution in [2.45, 2.75) is 91.4 Å². The summed E-state index contributed by atoms with van der Waals surface area (Å²) in [5.41, 5.74) is 1.29. The Balaban J connectivity index is 4.20. The zero-order chi connectivity index (χ0) is 18.4. The summed E-state index contributed by atoms with van der Waals surface area (Å²) in [6.07, 6.45) is 11.2. The molecule has 0 aromatic rings. The second-order valence-electron chi connectivity index (χ2n) is 6.78. The predicted octanol–water partition coefficient (Wildman–Crippen LogP) is 5.55. The molecule has 0 saturated carbocycles. The Morgan fingerprint density at radius 2 is 1.67 bits per heavy atom. The maximum absolute atomic E-state index is 12.0. The second-order valence-corrected chi connectivity index (χ2v) is 6.78. The molecule has 0 aliphatic carbocycles. The van der Waals surface area contributed by atoms with E-state index in [1.165, 1.54) is 25.7 Å². The third-order valence-electron chi connectivity index (χ3n) is 4.22. The molecule has 0 saturated heterocycles. The van der Waals surface area contributed by atoms with Gasteiger partial charge in [0.05, 0.1) is 5.92 Å². The van der Waals surface area contributed by atoms with Crippen molar-refractivity contribution in [1.82, 2.24) is 0 Å². The zero-order valence-electron chi connectivity index (χ0n) is 15.7. The standard InChI is InChI=1S/C20H35NO3/c1-4-6-8-9-10-11-16(3)13-19(22)15-18(21)14-17(20(23)24)12-7-5-2/h13,17,21H,4-12,14-15H2,1-3H3,(H,23,24)/b16-13+,21-18?. The lowest BCUT2D eigenvalue weighted by Crippen LogP contribution is -2.19. The van der Waals surface area contributed by atoms with Crippen molar-refractivity contribution in [2.24, 2.45) is 5.92 Å². The van der Waals surface area contributed by atoms with Gasteiger partial charge in [0.2, 0.25) is 0 Å². The van der Waals surface area contributed by atoms with Crippen LogP contribution in [0.5, 0.6) is 0 Å². The molecule has 0 heterocycles. The number of nitrogens with one attached hydrogen (secondary N) is 1. The minimum Gasteiger partial charge on any atom is -0.481 e. The van der Waals surface area contributed by atoms with Gasteiger partial charge in [-0.15, -0.1) is 0 Å². The quantitative estimate of drug-likeness (QED) is 0.233. The molecular weight excluding hydrogens is 302 g/mol. The van der Waals surface area contributed by atoms with Crippen molar-refractivity contribution in [3.8, 4) is 0 Å². The van der Waals surface area contributed by atoms with Gasteiger partial charge in [-0.3, -0.25) is 9.59 Å². The number of carbonyl (C=O) groups is 2. The number of hydrogen-bond donors (Lipinski definition) is 2. The SMILES string of the molecule is CCCCCCC/C(C)=C/C(=O)CC(=N)CC(CCCC)C(=O)O. The van der Waals surface area contributed by atoms with Gasteiger partial charge < -0.3 is 10.5 Å². The summed E-state index contributed by atoms with van der Waals surface area (Å²) in [6.45, 7) is 6.17. The first-order valence-corrected chi connectivity index (χ1v) is 9.39. The predicted molar refractivity (Wildman–Crippen MR) is 99.8 cm³/mol. The molecule has 4 heteroatoms. The van der Waals surface area contributed by atoms with Crippen molar-refractivity contribution in [3.63, 3.8) is 0 Å². The highest BCUT2D eigenvalue weighted by Crippen LogP contribution is 2.16. The molecule has 0 rings (SSSR count). The highest BCUT2D eigenvalue weighted by Gasteiger charge is 2.19. The van der Waals surface area contributed by atoms with Crippen molar-refractivity contribution in [2.75, 3.05) is 0 Å². The number of carboxylic acid groups (broad SMARTS) is 1. The van der Waals surface area contributed by atoms with E-state index in [-0.39, 0.29) is 24.3 Å². The maximum atomic E-state index is 12.0. The second kappa shape index (κ2) is 13.9. The summed E-state index contributed by atoms with van der Waals surface area (Å²) < 4.78 is 0. The first-order chi connectivity index (χ1) is 11.4. The molecular formula is C20H35NO3. The lowest BCUT2D eigenvalue weighted by atomic mass is 9.94. The van der Waals surface area contributed by atoms with Crippen LogP contribution in [0.3, 0.4) is 0 Å². The van der Waals surface area contributed by atoms with Gasteiger partial charge in [-0.2, -0.15) is 0 Å². The minimum absolute atomic E-state index is 0.0447. The van der Waals surface area contributed by atoms with Crippen LogP contribution in [-0.4, -0.2) is 22.6 Å². The van der Waals surface area contributed by atoms with Crippen LogP contribution in [0.25, 0.3) is 0 Å². The van der Waals surface area contributed by atoms with Crippen LogP contribution in [0.2, 0.25) is 0 Å². The molecule has 0 bridgehead atoms. The van der Waals surface area contributed by atoms with Gasteiger partial charge in [-0.1, -0.05) is 57.9 Å². The summed E-state index contributed by atoms with van der Waals surface area (Å²) in [6, 6.07) is 0. The third kappa shape index (κ3) is 12.0. The Kier molecular flexibility index (Phi) is 13.1. The van der Waals surface area contributed by atoms with Crippen LogP contribution in [0, 0.1) is 11.3 Å². The number of allylic oxidation sites excluding steroid dienone is 2. The normalized spacial score (nSPS) is 12.9. The molecule has 4 nitrogen and oxygen atoms in total. The third-order valence-corrected chi connectivity index (χ3v) is 4.22. The summed E-state index contributed by atoms with van der Waals surface area (Å²) in [7, 11) is 0. The van der Waals surface area contributed by atoms with Crippen LogP contribution in [0.4, 0.5) is 0 Å². The van der Waals surface area contributed by atoms with E-state index in [4.69, 9.17) is 5.41 Å². The van der Waals surface area contributed by atoms with Gasteiger partial charge in [0.25, 0.3) is 0 Å². The van der Waals surface area contributed by atoms with Crippen molar-refractivity contribution < 1.29 is 14.7 Å². The van der Waals surface area contributed by atoms with E-state index in [9.17, 15) is 14.7 Å². The molecule has 0 amide bonds. The number of hydrogen-bond acceptors (Lipinski definition) is 3. The monoisotopic (exact) mass is 337 g/mol. The lowest BCUT2D eigenvalue weighted by Gasteiger charge is -2.12. The fraction of sp³-hybridized carbons (Fsp3) is 0.750. The summed E-state index contributed by atoms with van der Waals surface area (Å²) >= 11 is 0.